The van der Waals surface area contributed by atoms with E-state index in [1.165, 1.54) is 17.7 Å². The molecule has 8 heteroatoms. The second-order valence-corrected chi connectivity index (χ2v) is 6.00. The highest BCUT2D eigenvalue weighted by Crippen LogP contribution is 2.28. The van der Waals surface area contributed by atoms with Crippen molar-refractivity contribution in [3.05, 3.63) is 74.3 Å². The number of hydrazone groups is 1. The van der Waals surface area contributed by atoms with Crippen LogP contribution in [-0.4, -0.2) is 16.1 Å². The van der Waals surface area contributed by atoms with Gasteiger partial charge in [-0.25, -0.2) is 0 Å². The van der Waals surface area contributed by atoms with Gasteiger partial charge in [-0.1, -0.05) is 37.3 Å². The summed E-state index contributed by atoms with van der Waals surface area (Å²) >= 11 is 0. The van der Waals surface area contributed by atoms with Gasteiger partial charge in [0.1, 0.15) is 5.69 Å². The number of nitro benzene ring substituents is 2. The van der Waals surface area contributed by atoms with Crippen molar-refractivity contribution in [3.63, 3.8) is 0 Å². The fourth-order valence-electron chi connectivity index (χ4n) is 2.40. The molecule has 0 spiro atoms. The molecule has 1 atom stereocenters. The maximum absolute atomic E-state index is 11.0. The van der Waals surface area contributed by atoms with Crippen LogP contribution >= 0.6 is 0 Å². The van der Waals surface area contributed by atoms with Gasteiger partial charge in [0, 0.05) is 12.3 Å². The van der Waals surface area contributed by atoms with Gasteiger partial charge in [0.2, 0.25) is 0 Å². The number of benzene rings is 2. The highest BCUT2D eigenvalue weighted by molar-refractivity contribution is 5.67. The molecule has 1 unspecified atom stereocenters. The lowest BCUT2D eigenvalue weighted by atomic mass is 9.99. The van der Waals surface area contributed by atoms with Crippen LogP contribution in [0, 0.1) is 26.1 Å². The van der Waals surface area contributed by atoms with Gasteiger partial charge < -0.3 is 0 Å². The van der Waals surface area contributed by atoms with Crippen molar-refractivity contribution in [2.45, 2.75) is 26.2 Å². The molecule has 0 aliphatic heterocycles. The van der Waals surface area contributed by atoms with Gasteiger partial charge in [-0.15, -0.1) is 0 Å². The van der Waals surface area contributed by atoms with Crippen molar-refractivity contribution in [1.29, 1.82) is 0 Å². The molecule has 8 nitrogen and oxygen atoms in total. The van der Waals surface area contributed by atoms with Crippen LogP contribution in [0.15, 0.2) is 53.6 Å². The van der Waals surface area contributed by atoms with Gasteiger partial charge in [0.25, 0.3) is 5.69 Å². The average molecular weight is 356 g/mol. The van der Waals surface area contributed by atoms with Gasteiger partial charge >= 0.3 is 5.69 Å². The summed E-state index contributed by atoms with van der Waals surface area (Å²) in [5.41, 5.74) is 3.29. The number of hydrogen-bond acceptors (Lipinski definition) is 6. The zero-order valence-electron chi connectivity index (χ0n) is 14.4. The number of nitro groups is 2. The molecular weight excluding hydrogens is 336 g/mol. The van der Waals surface area contributed by atoms with Gasteiger partial charge in [-0.2, -0.15) is 5.10 Å². The summed E-state index contributed by atoms with van der Waals surface area (Å²) in [5, 5.41) is 25.8. The Morgan fingerprint density at radius 3 is 2.50 bits per heavy atom. The van der Waals surface area contributed by atoms with Crippen LogP contribution < -0.4 is 5.43 Å². The molecule has 136 valence electrons. The van der Waals surface area contributed by atoms with E-state index in [-0.39, 0.29) is 17.1 Å². The molecule has 2 rings (SSSR count). The monoisotopic (exact) mass is 356 g/mol. The lowest BCUT2D eigenvalue weighted by Crippen LogP contribution is -2.01. The molecule has 0 bridgehead atoms. The van der Waals surface area contributed by atoms with E-state index in [9.17, 15) is 20.2 Å². The Kier molecular flexibility index (Phi) is 6.78. The lowest BCUT2D eigenvalue weighted by molar-refractivity contribution is -0.393. The van der Waals surface area contributed by atoms with Crippen molar-refractivity contribution in [1.82, 2.24) is 0 Å². The smallest absolute Gasteiger partial charge is 0.272 e. The van der Waals surface area contributed by atoms with Crippen molar-refractivity contribution >= 4 is 23.3 Å². The molecule has 0 aliphatic rings. The fraction of sp³-hybridized carbons (Fsp3) is 0.278. The minimum Gasteiger partial charge on any atom is -0.272 e. The molecule has 0 radical (unpaired) electrons. The fourth-order valence-corrected chi connectivity index (χ4v) is 2.40. The predicted molar refractivity (Wildman–Crippen MR) is 100 cm³/mol. The first-order valence-corrected chi connectivity index (χ1v) is 8.21. The summed E-state index contributed by atoms with van der Waals surface area (Å²) in [7, 11) is 0. The van der Waals surface area contributed by atoms with Gasteiger partial charge in [0.15, 0.2) is 0 Å². The van der Waals surface area contributed by atoms with Crippen LogP contribution in [0.4, 0.5) is 17.1 Å². The Morgan fingerprint density at radius 1 is 1.12 bits per heavy atom. The Morgan fingerprint density at radius 2 is 1.85 bits per heavy atom. The molecule has 1 N–H and O–H groups in total. The SMILES string of the molecule is CC(C/C=N/Nc1ccc([N+](=O)[O-])cc1[N+](=O)[O-])CCc1ccccc1. The molecule has 0 heterocycles. The number of rotatable bonds is 9. The second kappa shape index (κ2) is 9.26. The molecule has 2 aromatic carbocycles. The molecule has 0 amide bonds. The Balaban J connectivity index is 1.87. The summed E-state index contributed by atoms with van der Waals surface area (Å²) < 4.78 is 0. The molecule has 2 aromatic rings. The minimum absolute atomic E-state index is 0.119. The third-order valence-corrected chi connectivity index (χ3v) is 3.94. The molecule has 0 aliphatic carbocycles. The van der Waals surface area contributed by atoms with Crippen LogP contribution in [0.1, 0.15) is 25.3 Å². The van der Waals surface area contributed by atoms with Gasteiger partial charge in [-0.3, -0.25) is 25.7 Å². The number of non-ortho nitro benzene ring substituents is 1. The minimum atomic E-state index is -0.673. The summed E-state index contributed by atoms with van der Waals surface area (Å²) in [6.45, 7) is 2.11. The maximum Gasteiger partial charge on any atom is 0.301 e. The van der Waals surface area contributed by atoms with Gasteiger partial charge in [-0.05, 0) is 36.8 Å². The molecule has 0 aromatic heterocycles. The standard InChI is InChI=1S/C18H20N4O4/c1-14(7-8-15-5-3-2-4-6-15)11-12-19-20-17-10-9-16(21(23)24)13-18(17)22(25)26/h2-6,9-10,12-14,20H,7-8,11H2,1H3/b19-12+. The molecule has 0 saturated heterocycles. The number of hydrogen-bond donors (Lipinski definition) is 1. The number of anilines is 1. The molecule has 0 fully saturated rings. The highest BCUT2D eigenvalue weighted by atomic mass is 16.6. The number of nitrogens with one attached hydrogen (secondary N) is 1. The summed E-state index contributed by atoms with van der Waals surface area (Å²) in [6.07, 6.45) is 4.38. The first kappa shape index (κ1) is 19.0. The second-order valence-electron chi connectivity index (χ2n) is 6.00. The van der Waals surface area contributed by atoms with Crippen LogP contribution in [0.3, 0.4) is 0 Å². The van der Waals surface area contributed by atoms with E-state index in [1.54, 1.807) is 6.21 Å². The van der Waals surface area contributed by atoms with Crippen molar-refractivity contribution < 1.29 is 9.85 Å². The zero-order valence-corrected chi connectivity index (χ0v) is 14.4. The van der Waals surface area contributed by atoms with Crippen molar-refractivity contribution in [2.24, 2.45) is 11.0 Å². The van der Waals surface area contributed by atoms with E-state index in [0.717, 1.165) is 25.3 Å². The average Bonchev–Trinajstić information content (AvgIpc) is 2.64. The summed E-state index contributed by atoms with van der Waals surface area (Å²) in [5.74, 6) is 0.410. The van der Waals surface area contributed by atoms with Gasteiger partial charge in [0.05, 0.1) is 15.9 Å². The normalized spacial score (nSPS) is 12.0. The molecule has 0 saturated carbocycles. The Labute approximate surface area is 150 Å². The zero-order chi connectivity index (χ0) is 18.9. The maximum atomic E-state index is 11.0. The largest absolute Gasteiger partial charge is 0.301 e. The lowest BCUT2D eigenvalue weighted by Gasteiger charge is -2.08. The summed E-state index contributed by atoms with van der Waals surface area (Å²) in [6, 6.07) is 13.6. The van der Waals surface area contributed by atoms with Crippen molar-refractivity contribution in [2.75, 3.05) is 5.43 Å². The number of aryl methyl sites for hydroxylation is 1. The van der Waals surface area contributed by atoms with E-state index in [1.807, 2.05) is 18.2 Å². The molecular formula is C18H20N4O4. The van der Waals surface area contributed by atoms with E-state index in [4.69, 9.17) is 0 Å². The van der Waals surface area contributed by atoms with Crippen molar-refractivity contribution in [3.8, 4) is 0 Å². The van der Waals surface area contributed by atoms with Crippen LogP contribution in [0.2, 0.25) is 0 Å². The third kappa shape index (κ3) is 5.66. The van der Waals surface area contributed by atoms with E-state index >= 15 is 0 Å². The highest BCUT2D eigenvalue weighted by Gasteiger charge is 2.19. The third-order valence-electron chi connectivity index (χ3n) is 3.94. The Hall–Kier alpha value is -3.29. The topological polar surface area (TPSA) is 111 Å². The summed E-state index contributed by atoms with van der Waals surface area (Å²) in [4.78, 5) is 20.4. The first-order valence-electron chi connectivity index (χ1n) is 8.21. The Bertz CT molecular complexity index is 793. The first-order chi connectivity index (χ1) is 12.5. The van der Waals surface area contributed by atoms with E-state index in [0.29, 0.717) is 5.92 Å². The van der Waals surface area contributed by atoms with Crippen LogP contribution in [0.25, 0.3) is 0 Å². The number of nitrogens with zero attached hydrogens (tertiary/aromatic N) is 3. The molecule has 26 heavy (non-hydrogen) atoms. The van der Waals surface area contributed by atoms with Crippen LogP contribution in [-0.2, 0) is 6.42 Å². The van der Waals surface area contributed by atoms with E-state index in [2.05, 4.69) is 29.6 Å². The van der Waals surface area contributed by atoms with Crippen LogP contribution in [0.5, 0.6) is 0 Å². The predicted octanol–water partition coefficient (Wildman–Crippen LogP) is 4.56. The van der Waals surface area contributed by atoms with E-state index < -0.39 is 9.85 Å². The quantitative estimate of drug-likeness (QED) is 0.402.